The van der Waals surface area contributed by atoms with Crippen LogP contribution in [0.25, 0.3) is 5.69 Å². The van der Waals surface area contributed by atoms with Gasteiger partial charge in [0.15, 0.2) is 0 Å². The second-order valence-corrected chi connectivity index (χ2v) is 13.4. The fourth-order valence-corrected chi connectivity index (χ4v) is 6.48. The van der Waals surface area contributed by atoms with Crippen molar-refractivity contribution in [2.75, 3.05) is 11.4 Å². The lowest BCUT2D eigenvalue weighted by molar-refractivity contribution is -0.137. The first-order valence-corrected chi connectivity index (χ1v) is 16.5. The van der Waals surface area contributed by atoms with E-state index in [9.17, 15) is 36.7 Å². The molecule has 0 radical (unpaired) electrons. The maximum Gasteiger partial charge on any atom is 0.417 e. The van der Waals surface area contributed by atoms with E-state index in [0.29, 0.717) is 34.4 Å². The highest BCUT2D eigenvalue weighted by atomic mass is 19.4. The summed E-state index contributed by atoms with van der Waals surface area (Å²) in [6.07, 6.45) is -2.82. The minimum Gasteiger partial charge on any atom is -0.443 e. The van der Waals surface area contributed by atoms with Gasteiger partial charge in [0.25, 0.3) is 17.7 Å². The summed E-state index contributed by atoms with van der Waals surface area (Å²) in [5, 5.41) is 7.62. The van der Waals surface area contributed by atoms with Crippen LogP contribution in [0.5, 0.6) is 0 Å². The number of hydrogen-bond donors (Lipinski definition) is 1. The Morgan fingerprint density at radius 3 is 2.27 bits per heavy atom. The maximum atomic E-state index is 14.5. The predicted octanol–water partition coefficient (Wildman–Crippen LogP) is 6.57. The molecule has 2 aliphatic rings. The average molecular weight is 718 g/mol. The molecule has 52 heavy (non-hydrogen) atoms. The molecule has 3 aromatic carbocycles. The first-order valence-electron chi connectivity index (χ1n) is 16.5. The molecule has 0 aliphatic carbocycles. The Morgan fingerprint density at radius 2 is 1.63 bits per heavy atom. The van der Waals surface area contributed by atoms with Gasteiger partial charge < -0.3 is 10.1 Å². The number of fused-ring (bicyclic) bond motifs is 1. The Balaban J connectivity index is 1.53. The van der Waals surface area contributed by atoms with Crippen LogP contribution in [0.15, 0.2) is 91.0 Å². The van der Waals surface area contributed by atoms with Gasteiger partial charge in [-0.2, -0.15) is 18.3 Å². The van der Waals surface area contributed by atoms with Crippen LogP contribution in [-0.4, -0.2) is 62.7 Å². The highest BCUT2D eigenvalue weighted by Crippen LogP contribution is 2.44. The number of aromatic nitrogens is 2. The van der Waals surface area contributed by atoms with Gasteiger partial charge in [-0.1, -0.05) is 42.5 Å². The fourth-order valence-electron chi connectivity index (χ4n) is 6.48. The van der Waals surface area contributed by atoms with Crippen molar-refractivity contribution in [1.82, 2.24) is 20.0 Å². The van der Waals surface area contributed by atoms with E-state index in [2.05, 4.69) is 5.32 Å². The average Bonchev–Trinajstić information content (AvgIpc) is 3.65. The highest BCUT2D eigenvalue weighted by Gasteiger charge is 2.47. The van der Waals surface area contributed by atoms with Crippen LogP contribution in [-0.2, 0) is 26.9 Å². The monoisotopic (exact) mass is 717 g/mol. The summed E-state index contributed by atoms with van der Waals surface area (Å²) >= 11 is 0. The van der Waals surface area contributed by atoms with E-state index in [0.717, 1.165) is 17.0 Å². The number of hydrogen-bond acceptors (Lipinski definition) is 6. The number of anilines is 1. The van der Waals surface area contributed by atoms with Gasteiger partial charge in [-0.25, -0.2) is 18.8 Å². The standard InChI is InChI=1S/C38H35F4N5O5/c1-5-45-34-31(28(44-47(34)26-12-7-6-8-13-26)21-27-18-19-29(48)46(27)36(51)52-37(2,3)4)30(22-14-16-25(39)17-15-22)32(35(45)50)43-33(49)23-10-9-11-24(20-23)38(40,41)42/h6-20,27,30,32H,5,21H2,1-4H3,(H,43,49)/t27?,30-,32-/m1/s1. The van der Waals surface area contributed by atoms with Crippen LogP contribution in [0.1, 0.15) is 66.4 Å². The van der Waals surface area contributed by atoms with Gasteiger partial charge in [0, 0.05) is 36.1 Å². The molecule has 270 valence electrons. The molecular formula is C38H35F4N5O5. The van der Waals surface area contributed by atoms with E-state index < -0.39 is 65.0 Å². The van der Waals surface area contributed by atoms with Gasteiger partial charge in [0.05, 0.1) is 23.0 Å². The number of rotatable bonds is 7. The van der Waals surface area contributed by atoms with Gasteiger partial charge in [-0.15, -0.1) is 0 Å². The maximum absolute atomic E-state index is 14.5. The van der Waals surface area contributed by atoms with Crippen LogP contribution in [0, 0.1) is 5.82 Å². The summed E-state index contributed by atoms with van der Waals surface area (Å²) in [5.74, 6) is -3.38. The van der Waals surface area contributed by atoms with Crippen LogP contribution < -0.4 is 10.2 Å². The van der Waals surface area contributed by atoms with E-state index in [1.807, 2.05) is 0 Å². The first-order chi connectivity index (χ1) is 24.6. The Hall–Kier alpha value is -5.79. The quantitative estimate of drug-likeness (QED) is 0.217. The van der Waals surface area contributed by atoms with Gasteiger partial charge in [0.2, 0.25) is 0 Å². The highest BCUT2D eigenvalue weighted by molar-refractivity contribution is 6.05. The molecule has 0 saturated heterocycles. The molecule has 2 aliphatic heterocycles. The van der Waals surface area contributed by atoms with Gasteiger partial charge in [0.1, 0.15) is 23.3 Å². The molecule has 0 fully saturated rings. The minimum atomic E-state index is -4.72. The fraction of sp³-hybridized carbons (Fsp3) is 0.289. The normalized spacial score (nSPS) is 18.8. The molecule has 14 heteroatoms. The number of amides is 4. The van der Waals surface area contributed by atoms with Crippen molar-refractivity contribution in [2.45, 2.75) is 63.9 Å². The molecule has 4 aromatic rings. The first kappa shape index (κ1) is 36.0. The summed E-state index contributed by atoms with van der Waals surface area (Å²) in [5.41, 5.74) is -0.516. The summed E-state index contributed by atoms with van der Waals surface area (Å²) in [6, 6.07) is 15.8. The van der Waals surface area contributed by atoms with E-state index in [-0.39, 0.29) is 18.5 Å². The topological polar surface area (TPSA) is 114 Å². The van der Waals surface area contributed by atoms with Crippen molar-refractivity contribution in [3.05, 3.63) is 125 Å². The molecule has 1 aromatic heterocycles. The Labute approximate surface area is 296 Å². The second kappa shape index (κ2) is 13.7. The number of nitrogens with one attached hydrogen (secondary N) is 1. The van der Waals surface area contributed by atoms with Crippen LogP contribution in [0.3, 0.4) is 0 Å². The number of benzene rings is 3. The summed E-state index contributed by atoms with van der Waals surface area (Å²) in [4.78, 5) is 56.8. The molecule has 4 amide bonds. The van der Waals surface area contributed by atoms with Gasteiger partial charge >= 0.3 is 12.3 Å². The van der Waals surface area contributed by atoms with Crippen molar-refractivity contribution in [1.29, 1.82) is 0 Å². The SMILES string of the molecule is CCN1C(=O)[C@H](NC(=O)c2cccc(C(F)(F)F)c2)[C@H](c2ccc(F)cc2)c2c(CC3C=CC(=O)N3C(=O)OC(C)(C)C)nn(-c3ccccc3)c21. The number of imide groups is 1. The lowest BCUT2D eigenvalue weighted by Crippen LogP contribution is -2.55. The largest absolute Gasteiger partial charge is 0.443 e. The zero-order valence-electron chi connectivity index (χ0n) is 28.6. The molecule has 3 heterocycles. The van der Waals surface area contributed by atoms with Crippen LogP contribution >= 0.6 is 0 Å². The van der Waals surface area contributed by atoms with E-state index >= 15 is 0 Å². The molecule has 0 bridgehead atoms. The lowest BCUT2D eigenvalue weighted by atomic mass is 9.80. The van der Waals surface area contributed by atoms with E-state index in [4.69, 9.17) is 9.84 Å². The van der Waals surface area contributed by atoms with Crippen molar-refractivity contribution >= 4 is 29.6 Å². The molecule has 6 rings (SSSR count). The predicted molar refractivity (Wildman–Crippen MR) is 182 cm³/mol. The third-order valence-electron chi connectivity index (χ3n) is 8.71. The zero-order valence-corrected chi connectivity index (χ0v) is 28.6. The smallest absolute Gasteiger partial charge is 0.417 e. The number of carbonyl (C=O) groups excluding carboxylic acids is 4. The summed E-state index contributed by atoms with van der Waals surface area (Å²) in [7, 11) is 0. The van der Waals surface area contributed by atoms with Crippen LogP contribution in [0.4, 0.5) is 28.2 Å². The molecule has 10 nitrogen and oxygen atoms in total. The molecule has 0 spiro atoms. The van der Waals surface area contributed by atoms with Crippen LogP contribution in [0.2, 0.25) is 0 Å². The van der Waals surface area contributed by atoms with E-state index in [1.54, 1.807) is 68.8 Å². The number of nitrogens with zero attached hydrogens (tertiary/aromatic N) is 4. The number of carbonyl (C=O) groups is 4. The van der Waals surface area contributed by atoms with Gasteiger partial charge in [-0.3, -0.25) is 19.3 Å². The minimum absolute atomic E-state index is 0.0403. The molecule has 0 saturated carbocycles. The van der Waals surface area contributed by atoms with Crippen molar-refractivity contribution in [3.63, 3.8) is 0 Å². The third-order valence-corrected chi connectivity index (χ3v) is 8.71. The number of likely N-dealkylation sites (N-methyl/N-ethyl adjacent to an activating group) is 1. The zero-order chi connectivity index (χ0) is 37.5. The Morgan fingerprint density at radius 1 is 0.942 bits per heavy atom. The third kappa shape index (κ3) is 7.05. The molecular weight excluding hydrogens is 682 g/mol. The number of alkyl halides is 3. The van der Waals surface area contributed by atoms with E-state index in [1.165, 1.54) is 41.3 Å². The molecule has 1 N–H and O–H groups in total. The second-order valence-electron chi connectivity index (χ2n) is 13.4. The summed E-state index contributed by atoms with van der Waals surface area (Å²) in [6.45, 7) is 6.83. The van der Waals surface area contributed by atoms with Crippen molar-refractivity contribution < 1.29 is 41.5 Å². The van der Waals surface area contributed by atoms with Gasteiger partial charge in [-0.05, 0) is 75.7 Å². The number of halogens is 4. The summed E-state index contributed by atoms with van der Waals surface area (Å²) < 4.78 is 62.1. The molecule has 1 unspecified atom stereocenters. The Kier molecular flexibility index (Phi) is 9.51. The Bertz CT molecular complexity index is 2050. The number of ether oxygens (including phenoxy) is 1. The van der Waals surface area contributed by atoms with Crippen molar-refractivity contribution in [3.8, 4) is 5.69 Å². The van der Waals surface area contributed by atoms with Crippen molar-refractivity contribution in [2.24, 2.45) is 0 Å². The molecule has 3 atom stereocenters. The lowest BCUT2D eigenvalue weighted by Gasteiger charge is -2.38. The number of para-hydroxylation sites is 1.